The second-order valence-corrected chi connectivity index (χ2v) is 5.54. The minimum atomic E-state index is -0.735. The highest BCUT2D eigenvalue weighted by atomic mass is 19.1. The van der Waals surface area contributed by atoms with E-state index in [0.717, 1.165) is 43.9 Å². The van der Waals surface area contributed by atoms with Gasteiger partial charge in [-0.2, -0.15) is 0 Å². The van der Waals surface area contributed by atoms with Crippen LogP contribution >= 0.6 is 0 Å². The van der Waals surface area contributed by atoms with Gasteiger partial charge in [0.25, 0.3) is 0 Å². The monoisotopic (exact) mass is 298 g/mol. The van der Waals surface area contributed by atoms with E-state index in [1.54, 1.807) is 11.9 Å². The van der Waals surface area contributed by atoms with Gasteiger partial charge in [0.15, 0.2) is 0 Å². The Morgan fingerprint density at radius 1 is 1.29 bits per heavy atom. The van der Waals surface area contributed by atoms with Crippen LogP contribution in [0.25, 0.3) is 0 Å². The molecule has 1 saturated carbocycles. The number of likely N-dealkylation sites (N-methyl/N-ethyl adjacent to an activating group) is 1. The molecule has 4 nitrogen and oxygen atoms in total. The molecule has 2 unspecified atom stereocenters. The van der Waals surface area contributed by atoms with Gasteiger partial charge in [0, 0.05) is 17.8 Å². The molecule has 1 fully saturated rings. The summed E-state index contributed by atoms with van der Waals surface area (Å²) in [6.07, 6.45) is 3.19. The Labute approximate surface area is 122 Å². The van der Waals surface area contributed by atoms with Crippen LogP contribution in [0.2, 0.25) is 0 Å². The first kappa shape index (κ1) is 15.9. The average molecular weight is 298 g/mol. The SMILES string of the molecule is CN(CC(=O)Nc1cc(F)cc(F)c1)C1CCCCC1O. The Bertz CT molecular complexity index is 490. The van der Waals surface area contributed by atoms with Crippen molar-refractivity contribution in [2.75, 3.05) is 18.9 Å². The predicted molar refractivity (Wildman–Crippen MR) is 75.9 cm³/mol. The summed E-state index contributed by atoms with van der Waals surface area (Å²) in [5, 5.41) is 12.4. The first-order chi connectivity index (χ1) is 9.95. The molecule has 2 atom stereocenters. The molecule has 0 bridgehead atoms. The number of carbonyl (C=O) groups excluding carboxylic acids is 1. The van der Waals surface area contributed by atoms with Crippen molar-refractivity contribution in [2.24, 2.45) is 0 Å². The van der Waals surface area contributed by atoms with E-state index in [0.29, 0.717) is 0 Å². The molecule has 0 saturated heterocycles. The fraction of sp³-hybridized carbons (Fsp3) is 0.533. The van der Waals surface area contributed by atoms with Gasteiger partial charge in [0.2, 0.25) is 5.91 Å². The molecule has 6 heteroatoms. The van der Waals surface area contributed by atoms with Crippen LogP contribution in [0, 0.1) is 11.6 Å². The number of benzene rings is 1. The van der Waals surface area contributed by atoms with Crippen LogP contribution < -0.4 is 5.32 Å². The maximum Gasteiger partial charge on any atom is 0.238 e. The third-order valence-corrected chi connectivity index (χ3v) is 3.80. The Kier molecular flexibility index (Phi) is 5.25. The molecular weight excluding hydrogens is 278 g/mol. The van der Waals surface area contributed by atoms with Crippen molar-refractivity contribution >= 4 is 11.6 Å². The maximum absolute atomic E-state index is 13.0. The molecule has 1 aliphatic rings. The third-order valence-electron chi connectivity index (χ3n) is 3.80. The van der Waals surface area contributed by atoms with Gasteiger partial charge in [0.05, 0.1) is 12.6 Å². The Morgan fingerprint density at radius 2 is 1.90 bits per heavy atom. The number of hydrogen-bond donors (Lipinski definition) is 2. The number of rotatable bonds is 4. The summed E-state index contributed by atoms with van der Waals surface area (Å²) in [7, 11) is 1.77. The quantitative estimate of drug-likeness (QED) is 0.895. The Hall–Kier alpha value is -1.53. The van der Waals surface area contributed by atoms with Crippen molar-refractivity contribution in [3.05, 3.63) is 29.8 Å². The van der Waals surface area contributed by atoms with Gasteiger partial charge in [0.1, 0.15) is 11.6 Å². The summed E-state index contributed by atoms with van der Waals surface area (Å²) in [4.78, 5) is 13.7. The molecule has 0 aromatic heterocycles. The highest BCUT2D eigenvalue weighted by Crippen LogP contribution is 2.22. The van der Waals surface area contributed by atoms with Gasteiger partial charge in [-0.3, -0.25) is 9.69 Å². The smallest absolute Gasteiger partial charge is 0.238 e. The largest absolute Gasteiger partial charge is 0.391 e. The molecule has 0 heterocycles. The molecule has 116 valence electrons. The second kappa shape index (κ2) is 6.95. The van der Waals surface area contributed by atoms with E-state index in [9.17, 15) is 18.7 Å². The molecule has 1 aliphatic carbocycles. The number of anilines is 1. The minimum absolute atomic E-state index is 0.0475. The van der Waals surface area contributed by atoms with Gasteiger partial charge >= 0.3 is 0 Å². The number of nitrogens with zero attached hydrogens (tertiary/aromatic N) is 1. The van der Waals surface area contributed by atoms with Crippen molar-refractivity contribution in [1.82, 2.24) is 4.90 Å². The first-order valence-corrected chi connectivity index (χ1v) is 7.10. The molecule has 0 radical (unpaired) electrons. The molecule has 2 rings (SSSR count). The van der Waals surface area contributed by atoms with Gasteiger partial charge in [-0.25, -0.2) is 8.78 Å². The molecule has 1 aromatic carbocycles. The molecule has 0 spiro atoms. The van der Waals surface area contributed by atoms with Crippen LogP contribution in [0.1, 0.15) is 25.7 Å². The first-order valence-electron chi connectivity index (χ1n) is 7.10. The van der Waals surface area contributed by atoms with Gasteiger partial charge < -0.3 is 10.4 Å². The lowest BCUT2D eigenvalue weighted by Crippen LogP contribution is -2.46. The van der Waals surface area contributed by atoms with E-state index < -0.39 is 17.7 Å². The summed E-state index contributed by atoms with van der Waals surface area (Å²) in [6, 6.07) is 2.83. The standard InChI is InChI=1S/C15H20F2N2O2/c1-19(13-4-2-3-5-14(13)20)9-15(21)18-12-7-10(16)6-11(17)8-12/h6-8,13-14,20H,2-5,9H2,1H3,(H,18,21). The van der Waals surface area contributed by atoms with Crippen molar-refractivity contribution in [3.63, 3.8) is 0 Å². The number of hydrogen-bond acceptors (Lipinski definition) is 3. The van der Waals surface area contributed by atoms with Crippen LogP contribution in [0.4, 0.5) is 14.5 Å². The summed E-state index contributed by atoms with van der Waals surface area (Å²) in [6.45, 7) is 0.0693. The van der Waals surface area contributed by atoms with Crippen LogP contribution in [0.5, 0.6) is 0 Å². The number of amides is 1. The lowest BCUT2D eigenvalue weighted by atomic mass is 9.91. The lowest BCUT2D eigenvalue weighted by Gasteiger charge is -2.34. The van der Waals surface area contributed by atoms with E-state index in [1.807, 2.05) is 0 Å². The van der Waals surface area contributed by atoms with Crippen LogP contribution in [0.3, 0.4) is 0 Å². The van der Waals surface area contributed by atoms with Crippen LogP contribution in [-0.2, 0) is 4.79 Å². The fourth-order valence-corrected chi connectivity index (χ4v) is 2.78. The van der Waals surface area contributed by atoms with Crippen molar-refractivity contribution in [2.45, 2.75) is 37.8 Å². The van der Waals surface area contributed by atoms with E-state index in [2.05, 4.69) is 5.32 Å². The summed E-state index contributed by atoms with van der Waals surface area (Å²) >= 11 is 0. The number of nitrogens with one attached hydrogen (secondary N) is 1. The van der Waals surface area contributed by atoms with E-state index in [1.165, 1.54) is 0 Å². The molecule has 1 aromatic rings. The maximum atomic E-state index is 13.0. The molecule has 0 aliphatic heterocycles. The van der Waals surface area contributed by atoms with Crippen LogP contribution in [0.15, 0.2) is 18.2 Å². The highest BCUT2D eigenvalue weighted by Gasteiger charge is 2.27. The number of aliphatic hydroxyl groups excluding tert-OH is 1. The number of carbonyl (C=O) groups is 1. The number of halogens is 2. The van der Waals surface area contributed by atoms with Crippen LogP contribution in [-0.4, -0.2) is 41.7 Å². The van der Waals surface area contributed by atoms with Gasteiger partial charge in [-0.15, -0.1) is 0 Å². The molecule has 21 heavy (non-hydrogen) atoms. The molecule has 1 amide bonds. The highest BCUT2D eigenvalue weighted by molar-refractivity contribution is 5.92. The van der Waals surface area contributed by atoms with Gasteiger partial charge in [-0.1, -0.05) is 12.8 Å². The zero-order chi connectivity index (χ0) is 15.4. The predicted octanol–water partition coefficient (Wildman–Crippen LogP) is 2.14. The summed E-state index contributed by atoms with van der Waals surface area (Å²) in [5.41, 5.74) is 0.0927. The third kappa shape index (κ3) is 4.47. The van der Waals surface area contributed by atoms with E-state index in [4.69, 9.17) is 0 Å². The van der Waals surface area contributed by atoms with Gasteiger partial charge in [-0.05, 0) is 32.0 Å². The number of aliphatic hydroxyl groups is 1. The fourth-order valence-electron chi connectivity index (χ4n) is 2.78. The topological polar surface area (TPSA) is 52.6 Å². The average Bonchev–Trinajstić information content (AvgIpc) is 2.37. The normalized spacial score (nSPS) is 22.3. The van der Waals surface area contributed by atoms with Crippen molar-refractivity contribution in [1.29, 1.82) is 0 Å². The Morgan fingerprint density at radius 3 is 2.52 bits per heavy atom. The van der Waals surface area contributed by atoms with Crippen molar-refractivity contribution < 1.29 is 18.7 Å². The summed E-state index contributed by atoms with van der Waals surface area (Å²) < 4.78 is 26.1. The second-order valence-electron chi connectivity index (χ2n) is 5.54. The van der Waals surface area contributed by atoms with E-state index >= 15 is 0 Å². The lowest BCUT2D eigenvalue weighted by molar-refractivity contribution is -0.118. The zero-order valence-corrected chi connectivity index (χ0v) is 12.0. The molecular formula is C15H20F2N2O2. The Balaban J connectivity index is 1.91. The zero-order valence-electron chi connectivity index (χ0n) is 12.0. The molecule has 2 N–H and O–H groups in total. The minimum Gasteiger partial charge on any atom is -0.391 e. The van der Waals surface area contributed by atoms with Crippen molar-refractivity contribution in [3.8, 4) is 0 Å². The summed E-state index contributed by atoms with van der Waals surface area (Å²) in [5.74, 6) is -1.83. The van der Waals surface area contributed by atoms with E-state index in [-0.39, 0.29) is 24.2 Å².